The second-order valence-corrected chi connectivity index (χ2v) is 8.11. The average Bonchev–Trinajstić information content (AvgIpc) is 2.64. The number of hydrogen-bond acceptors (Lipinski definition) is 4. The molecule has 1 aliphatic rings. The van der Waals surface area contributed by atoms with E-state index in [1.54, 1.807) is 0 Å². The Morgan fingerprint density at radius 1 is 1.26 bits per heavy atom. The van der Waals surface area contributed by atoms with Crippen molar-refractivity contribution >= 4 is 11.8 Å². The van der Waals surface area contributed by atoms with E-state index in [2.05, 4.69) is 17.6 Å². The van der Waals surface area contributed by atoms with Crippen molar-refractivity contribution in [3.63, 3.8) is 0 Å². The summed E-state index contributed by atoms with van der Waals surface area (Å²) in [5, 5.41) is 17.0. The number of nitrogens with one attached hydrogen (secondary N) is 2. The van der Waals surface area contributed by atoms with Crippen molar-refractivity contribution in [1.29, 1.82) is 0 Å². The van der Waals surface area contributed by atoms with Crippen molar-refractivity contribution in [3.8, 4) is 0 Å². The molecule has 0 unspecified atom stereocenters. The van der Waals surface area contributed by atoms with Crippen molar-refractivity contribution < 1.29 is 14.7 Å². The molecule has 6 nitrogen and oxygen atoms in total. The van der Waals surface area contributed by atoms with Gasteiger partial charge < -0.3 is 21.5 Å². The summed E-state index contributed by atoms with van der Waals surface area (Å²) in [6.07, 6.45) is 2.33. The van der Waals surface area contributed by atoms with Gasteiger partial charge in [0.15, 0.2) is 0 Å². The van der Waals surface area contributed by atoms with Crippen LogP contribution in [0.4, 0.5) is 0 Å². The number of carbonyl (C=O) groups excluding carboxylic acids is 2. The van der Waals surface area contributed by atoms with Gasteiger partial charge in [0.1, 0.15) is 5.60 Å². The Balaban J connectivity index is 2.12. The van der Waals surface area contributed by atoms with E-state index in [1.807, 2.05) is 44.2 Å². The summed E-state index contributed by atoms with van der Waals surface area (Å²) >= 11 is 0. The molecular weight excluding hydrogens is 342 g/mol. The lowest BCUT2D eigenvalue weighted by atomic mass is 9.66. The van der Waals surface area contributed by atoms with E-state index in [-0.39, 0.29) is 36.7 Å². The molecule has 0 spiro atoms. The van der Waals surface area contributed by atoms with Gasteiger partial charge in [-0.15, -0.1) is 0 Å². The zero-order chi connectivity index (χ0) is 20.0. The third-order valence-corrected chi connectivity index (χ3v) is 5.63. The normalized spacial score (nSPS) is 26.4. The molecule has 1 aromatic rings. The molecular formula is C21H33N3O3. The Hall–Kier alpha value is -1.92. The summed E-state index contributed by atoms with van der Waals surface area (Å²) in [5.74, 6) is -0.186. The van der Waals surface area contributed by atoms with Crippen LogP contribution in [0.25, 0.3) is 0 Å². The lowest BCUT2D eigenvalue weighted by Crippen LogP contribution is -2.57. The van der Waals surface area contributed by atoms with Gasteiger partial charge in [0, 0.05) is 6.54 Å². The number of nitrogens with two attached hydrogens (primary N) is 1. The summed E-state index contributed by atoms with van der Waals surface area (Å²) in [5.41, 5.74) is 4.93. The molecule has 0 aromatic heterocycles. The second-order valence-electron chi connectivity index (χ2n) is 8.11. The van der Waals surface area contributed by atoms with Gasteiger partial charge in [-0.25, -0.2) is 0 Å². The minimum atomic E-state index is -1.37. The van der Waals surface area contributed by atoms with Crippen molar-refractivity contribution in [1.82, 2.24) is 10.6 Å². The predicted molar refractivity (Wildman–Crippen MR) is 106 cm³/mol. The standard InChI is InChI=1S/C21H33N3O3/c1-14(2)17-10-9-15(3)11-21(17,27)20(26)23-13-18(24-19(25)12-22)16-7-5-4-6-8-16/h4-8,14-15,17-18,27H,9-13,22H2,1-3H3,(H,23,26)(H,24,25)/t15-,17+,18+,21+/m1/s1. The minimum absolute atomic E-state index is 0.0671. The van der Waals surface area contributed by atoms with Crippen LogP contribution in [0.3, 0.4) is 0 Å². The molecule has 1 fully saturated rings. The molecule has 2 amide bonds. The first-order valence-corrected chi connectivity index (χ1v) is 9.83. The van der Waals surface area contributed by atoms with E-state index in [9.17, 15) is 14.7 Å². The SMILES string of the molecule is CC(C)[C@@H]1CC[C@@H](C)C[C@@]1(O)C(=O)NC[C@H](NC(=O)CN)c1ccccc1. The topological polar surface area (TPSA) is 104 Å². The number of rotatable bonds is 7. The molecule has 4 atom stereocenters. The van der Waals surface area contributed by atoms with Gasteiger partial charge in [0.25, 0.3) is 5.91 Å². The zero-order valence-corrected chi connectivity index (χ0v) is 16.6. The van der Waals surface area contributed by atoms with Gasteiger partial charge in [0.2, 0.25) is 5.91 Å². The number of amides is 2. The molecule has 0 saturated heterocycles. The summed E-state index contributed by atoms with van der Waals surface area (Å²) in [6, 6.07) is 9.04. The van der Waals surface area contributed by atoms with E-state index in [1.165, 1.54) is 0 Å². The van der Waals surface area contributed by atoms with Crippen LogP contribution in [-0.2, 0) is 9.59 Å². The lowest BCUT2D eigenvalue weighted by molar-refractivity contribution is -0.156. The largest absolute Gasteiger partial charge is 0.380 e. The van der Waals surface area contributed by atoms with E-state index in [0.717, 1.165) is 18.4 Å². The maximum atomic E-state index is 13.0. The van der Waals surface area contributed by atoms with Crippen molar-refractivity contribution in [3.05, 3.63) is 35.9 Å². The van der Waals surface area contributed by atoms with Crippen molar-refractivity contribution in [2.75, 3.05) is 13.1 Å². The third-order valence-electron chi connectivity index (χ3n) is 5.63. The molecule has 0 radical (unpaired) electrons. The lowest BCUT2D eigenvalue weighted by Gasteiger charge is -2.43. The highest BCUT2D eigenvalue weighted by Gasteiger charge is 2.48. The molecule has 150 valence electrons. The van der Waals surface area contributed by atoms with Gasteiger partial charge >= 0.3 is 0 Å². The highest BCUT2D eigenvalue weighted by atomic mass is 16.3. The van der Waals surface area contributed by atoms with Gasteiger partial charge in [0.05, 0.1) is 12.6 Å². The number of hydrogen-bond donors (Lipinski definition) is 4. The Labute approximate surface area is 161 Å². The van der Waals surface area contributed by atoms with Gasteiger partial charge in [-0.3, -0.25) is 9.59 Å². The summed E-state index contributed by atoms with van der Waals surface area (Å²) in [7, 11) is 0. The third kappa shape index (κ3) is 5.30. The smallest absolute Gasteiger partial charge is 0.252 e. The average molecular weight is 376 g/mol. The molecule has 1 aliphatic carbocycles. The van der Waals surface area contributed by atoms with Gasteiger partial charge in [-0.2, -0.15) is 0 Å². The summed E-state index contributed by atoms with van der Waals surface area (Å²) in [6.45, 7) is 6.26. The van der Waals surface area contributed by atoms with Crippen molar-refractivity contribution in [2.24, 2.45) is 23.5 Å². The molecule has 2 rings (SSSR count). The Bertz CT molecular complexity index is 635. The molecule has 1 aromatic carbocycles. The van der Waals surface area contributed by atoms with Crippen LogP contribution < -0.4 is 16.4 Å². The highest BCUT2D eigenvalue weighted by molar-refractivity contribution is 5.85. The first kappa shape index (κ1) is 21.4. The predicted octanol–water partition coefficient (Wildman–Crippen LogP) is 1.74. The summed E-state index contributed by atoms with van der Waals surface area (Å²) < 4.78 is 0. The van der Waals surface area contributed by atoms with E-state index >= 15 is 0 Å². The Morgan fingerprint density at radius 2 is 1.93 bits per heavy atom. The monoisotopic (exact) mass is 375 g/mol. The Kier molecular flexibility index (Phi) is 7.39. The molecule has 0 aliphatic heterocycles. The second kappa shape index (κ2) is 9.33. The number of aliphatic hydroxyl groups is 1. The van der Waals surface area contributed by atoms with E-state index in [4.69, 9.17) is 5.73 Å². The van der Waals surface area contributed by atoms with Crippen LogP contribution in [0.1, 0.15) is 51.6 Å². The van der Waals surface area contributed by atoms with Gasteiger partial charge in [-0.1, -0.05) is 57.5 Å². The number of carbonyl (C=O) groups is 2. The van der Waals surface area contributed by atoms with Crippen LogP contribution in [0, 0.1) is 17.8 Å². The fourth-order valence-electron chi connectivity index (χ4n) is 4.17. The van der Waals surface area contributed by atoms with E-state index in [0.29, 0.717) is 12.3 Å². The fourth-order valence-corrected chi connectivity index (χ4v) is 4.17. The Morgan fingerprint density at radius 3 is 2.52 bits per heavy atom. The van der Waals surface area contributed by atoms with Crippen LogP contribution >= 0.6 is 0 Å². The highest BCUT2D eigenvalue weighted by Crippen LogP contribution is 2.41. The molecule has 27 heavy (non-hydrogen) atoms. The first-order valence-electron chi connectivity index (χ1n) is 9.83. The fraction of sp³-hybridized carbons (Fsp3) is 0.619. The van der Waals surface area contributed by atoms with Crippen LogP contribution in [0.15, 0.2) is 30.3 Å². The zero-order valence-electron chi connectivity index (χ0n) is 16.6. The van der Waals surface area contributed by atoms with Gasteiger partial charge in [-0.05, 0) is 36.2 Å². The molecule has 6 heteroatoms. The van der Waals surface area contributed by atoms with Crippen LogP contribution in [0.2, 0.25) is 0 Å². The molecule has 0 bridgehead atoms. The van der Waals surface area contributed by atoms with Crippen LogP contribution in [0.5, 0.6) is 0 Å². The quantitative estimate of drug-likeness (QED) is 0.583. The van der Waals surface area contributed by atoms with Crippen LogP contribution in [-0.4, -0.2) is 35.6 Å². The maximum Gasteiger partial charge on any atom is 0.252 e. The summed E-state index contributed by atoms with van der Waals surface area (Å²) in [4.78, 5) is 24.8. The van der Waals surface area contributed by atoms with Crippen molar-refractivity contribution in [2.45, 2.75) is 51.7 Å². The maximum absolute atomic E-state index is 13.0. The molecule has 0 heterocycles. The van der Waals surface area contributed by atoms with E-state index < -0.39 is 11.6 Å². The minimum Gasteiger partial charge on any atom is -0.380 e. The molecule has 5 N–H and O–H groups in total. The first-order chi connectivity index (χ1) is 12.8. The number of benzene rings is 1. The molecule has 1 saturated carbocycles.